The zero-order valence-corrected chi connectivity index (χ0v) is 12.5. The standard InChI is InChI=1S/C13H16O3SSi/c1-18(2,3)13-11-7-5-4-6-10(11)8-9-12(13)17(14,15)16/h4-9H,1-3H3,(H,14,15,16). The van der Waals surface area contributed by atoms with Crippen LogP contribution >= 0.6 is 0 Å². The van der Waals surface area contributed by atoms with Crippen LogP contribution in [0.15, 0.2) is 41.3 Å². The maximum absolute atomic E-state index is 11.5. The van der Waals surface area contributed by atoms with Crippen LogP contribution in [0.4, 0.5) is 0 Å². The molecule has 0 heterocycles. The smallest absolute Gasteiger partial charge is 0.282 e. The molecule has 2 rings (SSSR count). The lowest BCUT2D eigenvalue weighted by molar-refractivity contribution is 0.484. The minimum atomic E-state index is -4.17. The van der Waals surface area contributed by atoms with E-state index >= 15 is 0 Å². The van der Waals surface area contributed by atoms with E-state index in [-0.39, 0.29) is 4.90 Å². The van der Waals surface area contributed by atoms with Crippen LogP contribution < -0.4 is 5.19 Å². The molecule has 0 saturated carbocycles. The van der Waals surface area contributed by atoms with E-state index in [1.807, 2.05) is 24.3 Å². The molecule has 1 N–H and O–H groups in total. The Balaban J connectivity index is 2.98. The first kappa shape index (κ1) is 13.3. The molecule has 0 unspecified atom stereocenters. The molecule has 0 fully saturated rings. The summed E-state index contributed by atoms with van der Waals surface area (Å²) < 4.78 is 32.4. The Bertz CT molecular complexity index is 700. The van der Waals surface area contributed by atoms with Crippen molar-refractivity contribution < 1.29 is 13.0 Å². The minimum Gasteiger partial charge on any atom is -0.282 e. The van der Waals surface area contributed by atoms with Gasteiger partial charge in [-0.1, -0.05) is 50.0 Å². The SMILES string of the molecule is C[Si](C)(C)c1c(S(=O)(=O)O)ccc2ccccc12. The molecule has 0 aliphatic heterocycles. The second-order valence-corrected chi connectivity index (χ2v) is 11.8. The van der Waals surface area contributed by atoms with Crippen LogP contribution in [0, 0.1) is 0 Å². The van der Waals surface area contributed by atoms with Crippen molar-refractivity contribution in [2.24, 2.45) is 0 Å². The molecular formula is C13H16O3SSi. The summed E-state index contributed by atoms with van der Waals surface area (Å²) in [5.74, 6) is 0. The number of hydrogen-bond acceptors (Lipinski definition) is 2. The Hall–Kier alpha value is -1.17. The zero-order chi connectivity index (χ0) is 13.6. The fourth-order valence-electron chi connectivity index (χ4n) is 2.24. The Labute approximate surface area is 108 Å². The van der Waals surface area contributed by atoms with Gasteiger partial charge in [-0.3, -0.25) is 4.55 Å². The molecule has 0 atom stereocenters. The summed E-state index contributed by atoms with van der Waals surface area (Å²) in [5, 5.41) is 2.72. The van der Waals surface area contributed by atoms with Gasteiger partial charge >= 0.3 is 0 Å². The third-order valence-electron chi connectivity index (χ3n) is 2.92. The summed E-state index contributed by atoms with van der Waals surface area (Å²) in [6.45, 7) is 6.22. The third-order valence-corrected chi connectivity index (χ3v) is 6.03. The summed E-state index contributed by atoms with van der Waals surface area (Å²) >= 11 is 0. The van der Waals surface area contributed by atoms with Gasteiger partial charge in [0.15, 0.2) is 0 Å². The lowest BCUT2D eigenvalue weighted by Gasteiger charge is -2.22. The van der Waals surface area contributed by atoms with Gasteiger partial charge in [0.05, 0.1) is 13.0 Å². The molecule has 0 saturated heterocycles. The Morgan fingerprint density at radius 3 is 2.17 bits per heavy atom. The van der Waals surface area contributed by atoms with Crippen LogP contribution in [0.2, 0.25) is 19.6 Å². The van der Waals surface area contributed by atoms with E-state index in [0.29, 0.717) is 0 Å². The summed E-state index contributed by atoms with van der Waals surface area (Å²) in [6, 6.07) is 10.9. The quantitative estimate of drug-likeness (QED) is 0.679. The molecular weight excluding hydrogens is 264 g/mol. The normalized spacial score (nSPS) is 12.9. The maximum Gasteiger partial charge on any atom is 0.294 e. The number of hydrogen-bond donors (Lipinski definition) is 1. The molecule has 0 aliphatic rings. The highest BCUT2D eigenvalue weighted by atomic mass is 32.2. The fourth-order valence-corrected chi connectivity index (χ4v) is 6.01. The van der Waals surface area contributed by atoms with Crippen molar-refractivity contribution in [2.75, 3.05) is 0 Å². The highest BCUT2D eigenvalue weighted by Gasteiger charge is 2.27. The van der Waals surface area contributed by atoms with Gasteiger partial charge in [0.2, 0.25) is 0 Å². The number of rotatable bonds is 2. The van der Waals surface area contributed by atoms with Crippen molar-refractivity contribution in [3.8, 4) is 0 Å². The van der Waals surface area contributed by atoms with Crippen molar-refractivity contribution in [1.29, 1.82) is 0 Å². The monoisotopic (exact) mass is 280 g/mol. The van der Waals surface area contributed by atoms with Gasteiger partial charge in [-0.15, -0.1) is 0 Å². The molecule has 96 valence electrons. The lowest BCUT2D eigenvalue weighted by Crippen LogP contribution is -2.41. The first-order chi connectivity index (χ1) is 8.21. The van der Waals surface area contributed by atoms with Crippen LogP contribution in [-0.2, 0) is 10.1 Å². The molecule has 0 radical (unpaired) electrons. The van der Waals surface area contributed by atoms with E-state index in [4.69, 9.17) is 0 Å². The predicted octanol–water partition coefficient (Wildman–Crippen LogP) is 2.63. The molecule has 2 aromatic rings. The minimum absolute atomic E-state index is 0.0559. The Morgan fingerprint density at radius 2 is 1.61 bits per heavy atom. The molecule has 0 bridgehead atoms. The molecule has 0 aromatic heterocycles. The van der Waals surface area contributed by atoms with E-state index in [1.165, 1.54) is 6.07 Å². The molecule has 3 nitrogen and oxygen atoms in total. The van der Waals surface area contributed by atoms with Gasteiger partial charge < -0.3 is 0 Å². The maximum atomic E-state index is 11.5. The predicted molar refractivity (Wildman–Crippen MR) is 76.7 cm³/mol. The van der Waals surface area contributed by atoms with Gasteiger partial charge in [-0.05, 0) is 22.0 Å². The van der Waals surface area contributed by atoms with E-state index in [2.05, 4.69) is 19.6 Å². The average molecular weight is 280 g/mol. The van der Waals surface area contributed by atoms with Gasteiger partial charge in [0, 0.05) is 0 Å². The van der Waals surface area contributed by atoms with Gasteiger partial charge in [0.25, 0.3) is 10.1 Å². The molecule has 5 heteroatoms. The van der Waals surface area contributed by atoms with Crippen molar-refractivity contribution >= 4 is 34.2 Å². The van der Waals surface area contributed by atoms with Gasteiger partial charge in [0.1, 0.15) is 0 Å². The van der Waals surface area contributed by atoms with Crippen molar-refractivity contribution in [3.05, 3.63) is 36.4 Å². The van der Waals surface area contributed by atoms with E-state index in [9.17, 15) is 13.0 Å². The fraction of sp³-hybridized carbons (Fsp3) is 0.231. The first-order valence-corrected chi connectivity index (χ1v) is 10.6. The van der Waals surface area contributed by atoms with Crippen molar-refractivity contribution in [2.45, 2.75) is 24.5 Å². The van der Waals surface area contributed by atoms with E-state index < -0.39 is 18.2 Å². The van der Waals surface area contributed by atoms with Crippen LogP contribution in [0.1, 0.15) is 0 Å². The van der Waals surface area contributed by atoms with Gasteiger partial charge in [-0.2, -0.15) is 8.42 Å². The van der Waals surface area contributed by atoms with Crippen LogP contribution in [0.25, 0.3) is 10.8 Å². The molecule has 0 aliphatic carbocycles. The second-order valence-electron chi connectivity index (χ2n) is 5.38. The van der Waals surface area contributed by atoms with Crippen LogP contribution in [-0.4, -0.2) is 21.0 Å². The zero-order valence-electron chi connectivity index (χ0n) is 10.6. The van der Waals surface area contributed by atoms with Crippen LogP contribution in [0.5, 0.6) is 0 Å². The summed E-state index contributed by atoms with van der Waals surface area (Å²) in [7, 11) is -6.06. The second kappa shape index (κ2) is 4.19. The molecule has 2 aromatic carbocycles. The van der Waals surface area contributed by atoms with Crippen molar-refractivity contribution in [1.82, 2.24) is 0 Å². The Kier molecular flexibility index (Phi) is 3.09. The topological polar surface area (TPSA) is 54.4 Å². The summed E-state index contributed by atoms with van der Waals surface area (Å²) in [6.07, 6.45) is 0. The van der Waals surface area contributed by atoms with Crippen molar-refractivity contribution in [3.63, 3.8) is 0 Å². The highest BCUT2D eigenvalue weighted by molar-refractivity contribution is 7.86. The lowest BCUT2D eigenvalue weighted by atomic mass is 10.1. The largest absolute Gasteiger partial charge is 0.294 e. The van der Waals surface area contributed by atoms with Gasteiger partial charge in [-0.25, -0.2) is 0 Å². The molecule has 18 heavy (non-hydrogen) atoms. The first-order valence-electron chi connectivity index (χ1n) is 5.71. The highest BCUT2D eigenvalue weighted by Crippen LogP contribution is 2.21. The van der Waals surface area contributed by atoms with Crippen LogP contribution in [0.3, 0.4) is 0 Å². The van der Waals surface area contributed by atoms with E-state index in [1.54, 1.807) is 6.07 Å². The summed E-state index contributed by atoms with van der Waals surface area (Å²) in [5.41, 5.74) is 0. The number of fused-ring (bicyclic) bond motifs is 1. The Morgan fingerprint density at radius 1 is 1.00 bits per heavy atom. The molecule has 0 amide bonds. The molecule has 0 spiro atoms. The van der Waals surface area contributed by atoms with E-state index in [0.717, 1.165) is 16.0 Å². The number of benzene rings is 2. The average Bonchev–Trinajstić information content (AvgIpc) is 2.24. The summed E-state index contributed by atoms with van der Waals surface area (Å²) in [4.78, 5) is 0.0559. The third kappa shape index (κ3) is 2.34.